The summed E-state index contributed by atoms with van der Waals surface area (Å²) in [7, 11) is 0. The zero-order valence-corrected chi connectivity index (χ0v) is 13.4. The molecule has 2 N–H and O–H groups in total. The molecule has 19 heavy (non-hydrogen) atoms. The first kappa shape index (κ1) is 17.0. The van der Waals surface area contributed by atoms with Gasteiger partial charge in [-0.05, 0) is 38.3 Å². The molecule has 1 heterocycles. The van der Waals surface area contributed by atoms with E-state index < -0.39 is 0 Å². The van der Waals surface area contributed by atoms with Gasteiger partial charge in [-0.3, -0.25) is 4.90 Å². The van der Waals surface area contributed by atoms with Gasteiger partial charge in [0, 0.05) is 12.6 Å². The van der Waals surface area contributed by atoms with Gasteiger partial charge in [-0.25, -0.2) is 0 Å². The van der Waals surface area contributed by atoms with Crippen LogP contribution in [0.2, 0.25) is 0 Å². The van der Waals surface area contributed by atoms with Crippen LogP contribution in [0.15, 0.2) is 0 Å². The number of piperidine rings is 1. The van der Waals surface area contributed by atoms with E-state index in [0.29, 0.717) is 6.04 Å². The van der Waals surface area contributed by atoms with Gasteiger partial charge < -0.3 is 5.73 Å². The van der Waals surface area contributed by atoms with Crippen LogP contribution in [0.4, 0.5) is 0 Å². The first-order chi connectivity index (χ1) is 9.27. The van der Waals surface area contributed by atoms with Crippen LogP contribution >= 0.6 is 0 Å². The Labute approximate surface area is 121 Å². The molecule has 0 saturated carbocycles. The zero-order chi connectivity index (χ0) is 13.9. The third kappa shape index (κ3) is 7.31. The number of hydrogen-bond acceptors (Lipinski definition) is 2. The maximum atomic E-state index is 5.91. The fourth-order valence-electron chi connectivity index (χ4n) is 3.29. The quantitative estimate of drug-likeness (QED) is 0.602. The van der Waals surface area contributed by atoms with Crippen LogP contribution in [0.25, 0.3) is 0 Å². The molecular formula is C17H36N2. The van der Waals surface area contributed by atoms with Gasteiger partial charge in [-0.15, -0.1) is 0 Å². The van der Waals surface area contributed by atoms with Gasteiger partial charge in [0.15, 0.2) is 0 Å². The maximum Gasteiger partial charge on any atom is 0.0220 e. The van der Waals surface area contributed by atoms with Crippen molar-refractivity contribution >= 4 is 0 Å². The molecule has 0 spiro atoms. The van der Waals surface area contributed by atoms with Gasteiger partial charge in [-0.1, -0.05) is 58.8 Å². The monoisotopic (exact) mass is 268 g/mol. The Balaban J connectivity index is 1.99. The highest BCUT2D eigenvalue weighted by Gasteiger charge is 2.24. The lowest BCUT2D eigenvalue weighted by atomic mass is 9.92. The molecular weight excluding hydrogens is 232 g/mol. The SMILES string of the molecule is CCCCCCCCCCN1CCC(C)CC1CN. The second kappa shape index (κ2) is 10.7. The van der Waals surface area contributed by atoms with Crippen LogP contribution in [0.5, 0.6) is 0 Å². The number of nitrogens with zero attached hydrogens (tertiary/aromatic N) is 1. The Hall–Kier alpha value is -0.0800. The van der Waals surface area contributed by atoms with Crippen molar-refractivity contribution in [3.63, 3.8) is 0 Å². The number of nitrogens with two attached hydrogens (primary N) is 1. The summed E-state index contributed by atoms with van der Waals surface area (Å²) in [6, 6.07) is 0.660. The van der Waals surface area contributed by atoms with Crippen molar-refractivity contribution in [1.29, 1.82) is 0 Å². The molecule has 0 aromatic carbocycles. The highest BCUT2D eigenvalue weighted by Crippen LogP contribution is 2.22. The van der Waals surface area contributed by atoms with Gasteiger partial charge in [0.2, 0.25) is 0 Å². The Morgan fingerprint density at radius 3 is 2.26 bits per heavy atom. The molecule has 0 amide bonds. The average molecular weight is 268 g/mol. The van der Waals surface area contributed by atoms with Crippen molar-refractivity contribution in [2.75, 3.05) is 19.6 Å². The van der Waals surface area contributed by atoms with E-state index in [4.69, 9.17) is 5.73 Å². The summed E-state index contributed by atoms with van der Waals surface area (Å²) in [5.41, 5.74) is 5.91. The molecule has 2 atom stereocenters. The number of hydrogen-bond donors (Lipinski definition) is 1. The van der Waals surface area contributed by atoms with E-state index in [1.54, 1.807) is 0 Å². The topological polar surface area (TPSA) is 29.3 Å². The summed E-state index contributed by atoms with van der Waals surface area (Å²) in [5, 5.41) is 0. The van der Waals surface area contributed by atoms with Crippen molar-refractivity contribution in [2.45, 2.75) is 84.1 Å². The largest absolute Gasteiger partial charge is 0.329 e. The lowest BCUT2D eigenvalue weighted by Gasteiger charge is -2.38. The zero-order valence-electron chi connectivity index (χ0n) is 13.4. The first-order valence-corrected chi connectivity index (χ1v) is 8.72. The summed E-state index contributed by atoms with van der Waals surface area (Å²) in [6.07, 6.45) is 14.0. The molecule has 1 rings (SSSR count). The molecule has 0 aliphatic carbocycles. The van der Waals surface area contributed by atoms with Gasteiger partial charge in [0.1, 0.15) is 0 Å². The summed E-state index contributed by atoms with van der Waals surface area (Å²) in [6.45, 7) is 8.06. The molecule has 2 unspecified atom stereocenters. The van der Waals surface area contributed by atoms with Crippen molar-refractivity contribution in [3.8, 4) is 0 Å². The summed E-state index contributed by atoms with van der Waals surface area (Å²) in [5.74, 6) is 0.878. The summed E-state index contributed by atoms with van der Waals surface area (Å²) >= 11 is 0. The van der Waals surface area contributed by atoms with Gasteiger partial charge in [0.05, 0.1) is 0 Å². The molecule has 2 nitrogen and oxygen atoms in total. The molecule has 0 aromatic rings. The van der Waals surface area contributed by atoms with Crippen LogP contribution < -0.4 is 5.73 Å². The molecule has 0 bridgehead atoms. The molecule has 2 heteroatoms. The van der Waals surface area contributed by atoms with Crippen molar-refractivity contribution in [3.05, 3.63) is 0 Å². The van der Waals surface area contributed by atoms with E-state index in [2.05, 4.69) is 18.7 Å². The Bertz CT molecular complexity index is 205. The van der Waals surface area contributed by atoms with Crippen LogP contribution in [-0.2, 0) is 0 Å². The lowest BCUT2D eigenvalue weighted by molar-refractivity contribution is 0.120. The molecule has 1 fully saturated rings. The van der Waals surface area contributed by atoms with Gasteiger partial charge in [-0.2, -0.15) is 0 Å². The highest BCUT2D eigenvalue weighted by molar-refractivity contribution is 4.80. The minimum absolute atomic E-state index is 0.660. The first-order valence-electron chi connectivity index (χ1n) is 8.72. The summed E-state index contributed by atoms with van der Waals surface area (Å²) < 4.78 is 0. The van der Waals surface area contributed by atoms with Crippen LogP contribution in [0, 0.1) is 5.92 Å². The third-order valence-electron chi connectivity index (χ3n) is 4.67. The molecule has 1 aliphatic heterocycles. The summed E-state index contributed by atoms with van der Waals surface area (Å²) in [4.78, 5) is 2.65. The average Bonchev–Trinajstić information content (AvgIpc) is 2.43. The number of unbranched alkanes of at least 4 members (excludes halogenated alkanes) is 7. The molecule has 1 saturated heterocycles. The molecule has 0 radical (unpaired) electrons. The molecule has 0 aromatic heterocycles. The number of rotatable bonds is 10. The van der Waals surface area contributed by atoms with Crippen molar-refractivity contribution < 1.29 is 0 Å². The number of likely N-dealkylation sites (tertiary alicyclic amines) is 1. The Morgan fingerprint density at radius 2 is 1.63 bits per heavy atom. The van der Waals surface area contributed by atoms with E-state index in [1.807, 2.05) is 0 Å². The second-order valence-corrected chi connectivity index (χ2v) is 6.53. The Kier molecular flexibility index (Phi) is 9.54. The van der Waals surface area contributed by atoms with Crippen molar-refractivity contribution in [2.24, 2.45) is 11.7 Å². The van der Waals surface area contributed by atoms with E-state index in [9.17, 15) is 0 Å². The van der Waals surface area contributed by atoms with E-state index in [0.717, 1.165) is 12.5 Å². The fourth-order valence-corrected chi connectivity index (χ4v) is 3.29. The predicted molar refractivity (Wildman–Crippen MR) is 85.4 cm³/mol. The molecule has 114 valence electrons. The highest BCUT2D eigenvalue weighted by atomic mass is 15.2. The smallest absolute Gasteiger partial charge is 0.0220 e. The maximum absolute atomic E-state index is 5.91. The standard InChI is InChI=1S/C17H36N2/c1-3-4-5-6-7-8-9-10-12-19-13-11-16(2)14-17(19)15-18/h16-17H,3-15,18H2,1-2H3. The second-order valence-electron chi connectivity index (χ2n) is 6.53. The van der Waals surface area contributed by atoms with Crippen LogP contribution in [0.1, 0.15) is 78.1 Å². The van der Waals surface area contributed by atoms with E-state index in [-0.39, 0.29) is 0 Å². The van der Waals surface area contributed by atoms with Crippen LogP contribution in [-0.4, -0.2) is 30.6 Å². The predicted octanol–water partition coefficient (Wildman–Crippen LogP) is 4.19. The van der Waals surface area contributed by atoms with E-state index in [1.165, 1.54) is 77.3 Å². The third-order valence-corrected chi connectivity index (χ3v) is 4.67. The minimum Gasteiger partial charge on any atom is -0.329 e. The van der Waals surface area contributed by atoms with Gasteiger partial charge in [0.25, 0.3) is 0 Å². The lowest BCUT2D eigenvalue weighted by Crippen LogP contribution is -2.46. The Morgan fingerprint density at radius 1 is 1.00 bits per heavy atom. The minimum atomic E-state index is 0.660. The van der Waals surface area contributed by atoms with Crippen LogP contribution in [0.3, 0.4) is 0 Å². The van der Waals surface area contributed by atoms with Crippen molar-refractivity contribution in [1.82, 2.24) is 4.90 Å². The fraction of sp³-hybridized carbons (Fsp3) is 1.00. The van der Waals surface area contributed by atoms with E-state index >= 15 is 0 Å². The molecule has 1 aliphatic rings. The van der Waals surface area contributed by atoms with Gasteiger partial charge >= 0.3 is 0 Å². The normalized spacial score (nSPS) is 24.8.